The first-order valence-corrected chi connectivity index (χ1v) is 11.9. The van der Waals surface area contributed by atoms with E-state index in [4.69, 9.17) is 10.5 Å². The monoisotopic (exact) mass is 474 g/mol. The van der Waals surface area contributed by atoms with Crippen molar-refractivity contribution in [2.75, 3.05) is 19.7 Å². The summed E-state index contributed by atoms with van der Waals surface area (Å²) >= 11 is 0. The van der Waals surface area contributed by atoms with Crippen molar-refractivity contribution in [3.8, 4) is 0 Å². The van der Waals surface area contributed by atoms with E-state index in [1.807, 2.05) is 0 Å². The lowest BCUT2D eigenvalue weighted by Gasteiger charge is -2.12. The van der Waals surface area contributed by atoms with Gasteiger partial charge in [-0.1, -0.05) is 18.2 Å². The zero-order valence-electron chi connectivity index (χ0n) is 17.9. The minimum Gasteiger partial charge on any atom is -0.377 e. The summed E-state index contributed by atoms with van der Waals surface area (Å²) in [6, 6.07) is 12.2. The Morgan fingerprint density at radius 3 is 2.39 bits per heavy atom. The molecule has 1 fully saturated rings. The molecule has 1 unspecified atom stereocenters. The van der Waals surface area contributed by atoms with Crippen molar-refractivity contribution in [1.82, 2.24) is 15.4 Å². The van der Waals surface area contributed by atoms with Crippen molar-refractivity contribution >= 4 is 27.7 Å². The van der Waals surface area contributed by atoms with Crippen LogP contribution in [0.25, 0.3) is 0 Å². The molecule has 5 N–H and O–H groups in total. The van der Waals surface area contributed by atoms with E-state index < -0.39 is 27.7 Å². The highest BCUT2D eigenvalue weighted by Gasteiger charge is 2.21. The smallest absolute Gasteiger partial charge is 0.251 e. The molecular formula is C22H26N4O6S. The summed E-state index contributed by atoms with van der Waals surface area (Å²) in [5.74, 6) is -1.51. The van der Waals surface area contributed by atoms with Crippen molar-refractivity contribution in [2.24, 2.45) is 5.73 Å². The molecule has 176 valence electrons. The number of carbonyl (C=O) groups excluding carboxylic acids is 3. The van der Waals surface area contributed by atoms with E-state index in [-0.39, 0.29) is 36.2 Å². The molecule has 1 aliphatic rings. The summed E-state index contributed by atoms with van der Waals surface area (Å²) in [6.07, 6.45) is 1.59. The fourth-order valence-electron chi connectivity index (χ4n) is 3.22. The number of ether oxygens (including phenoxy) is 1. The Bertz CT molecular complexity index is 1110. The number of sulfonamides is 1. The van der Waals surface area contributed by atoms with E-state index >= 15 is 0 Å². The average molecular weight is 475 g/mol. The van der Waals surface area contributed by atoms with Gasteiger partial charge in [0, 0.05) is 30.8 Å². The van der Waals surface area contributed by atoms with Crippen molar-refractivity contribution < 1.29 is 27.5 Å². The first-order chi connectivity index (χ1) is 15.7. The minimum absolute atomic E-state index is 0.000488. The Morgan fingerprint density at radius 1 is 1.00 bits per heavy atom. The normalized spacial score (nSPS) is 15.7. The van der Waals surface area contributed by atoms with Gasteiger partial charge in [-0.25, -0.2) is 13.1 Å². The van der Waals surface area contributed by atoms with Crippen LogP contribution in [-0.4, -0.2) is 51.9 Å². The summed E-state index contributed by atoms with van der Waals surface area (Å²) in [6.45, 7) is 0.744. The van der Waals surface area contributed by atoms with Gasteiger partial charge in [0.15, 0.2) is 0 Å². The maximum atomic E-state index is 12.6. The average Bonchev–Trinajstić information content (AvgIpc) is 3.34. The van der Waals surface area contributed by atoms with Crippen LogP contribution in [0.2, 0.25) is 0 Å². The van der Waals surface area contributed by atoms with Gasteiger partial charge in [-0.05, 0) is 48.7 Å². The van der Waals surface area contributed by atoms with Crippen LogP contribution >= 0.6 is 0 Å². The van der Waals surface area contributed by atoms with Crippen LogP contribution in [0, 0.1) is 0 Å². The van der Waals surface area contributed by atoms with Gasteiger partial charge in [-0.2, -0.15) is 0 Å². The molecule has 0 bridgehead atoms. The SMILES string of the molecule is NC(=O)CNC(=O)c1ccc(CNC(=O)c2cccc(S(=O)(=O)NCC3CCCO3)c2)cc1. The number of hydrogen-bond acceptors (Lipinski definition) is 6. The van der Waals surface area contributed by atoms with E-state index in [1.54, 1.807) is 24.3 Å². The third-order valence-electron chi connectivity index (χ3n) is 5.02. The van der Waals surface area contributed by atoms with Crippen molar-refractivity contribution in [1.29, 1.82) is 0 Å². The Kier molecular flexibility index (Phi) is 8.15. The lowest BCUT2D eigenvalue weighted by Crippen LogP contribution is -2.33. The van der Waals surface area contributed by atoms with Gasteiger partial charge in [0.1, 0.15) is 0 Å². The largest absolute Gasteiger partial charge is 0.377 e. The maximum absolute atomic E-state index is 12.6. The van der Waals surface area contributed by atoms with Crippen LogP contribution in [0.15, 0.2) is 53.4 Å². The molecular weight excluding hydrogens is 448 g/mol. The Balaban J connectivity index is 1.56. The molecule has 0 radical (unpaired) electrons. The topological polar surface area (TPSA) is 157 Å². The fraction of sp³-hybridized carbons (Fsp3) is 0.318. The number of nitrogens with one attached hydrogen (secondary N) is 3. The van der Waals surface area contributed by atoms with Gasteiger partial charge in [0.05, 0.1) is 17.5 Å². The molecule has 2 aromatic carbocycles. The highest BCUT2D eigenvalue weighted by Crippen LogP contribution is 2.15. The van der Waals surface area contributed by atoms with E-state index in [0.29, 0.717) is 12.2 Å². The summed E-state index contributed by atoms with van der Waals surface area (Å²) < 4.78 is 33.1. The number of hydrogen-bond donors (Lipinski definition) is 4. The van der Waals surface area contributed by atoms with Gasteiger partial charge in [-0.15, -0.1) is 0 Å². The summed E-state index contributed by atoms with van der Waals surface area (Å²) in [7, 11) is -3.77. The first kappa shape index (κ1) is 24.4. The summed E-state index contributed by atoms with van der Waals surface area (Å²) in [5.41, 5.74) is 6.28. The van der Waals surface area contributed by atoms with Crippen molar-refractivity contribution in [2.45, 2.75) is 30.4 Å². The molecule has 1 aliphatic heterocycles. The fourth-order valence-corrected chi connectivity index (χ4v) is 4.34. The Morgan fingerprint density at radius 2 is 1.73 bits per heavy atom. The number of nitrogens with two attached hydrogens (primary N) is 1. The van der Waals surface area contributed by atoms with Crippen LogP contribution in [-0.2, 0) is 26.1 Å². The van der Waals surface area contributed by atoms with Gasteiger partial charge < -0.3 is 21.1 Å². The van der Waals surface area contributed by atoms with Crippen LogP contribution < -0.4 is 21.1 Å². The predicted octanol–water partition coefficient (Wildman–Crippen LogP) is 0.289. The molecule has 1 heterocycles. The standard InChI is InChI=1S/C22H26N4O6S/c23-20(27)14-25-21(28)16-8-6-15(7-9-16)12-24-22(29)17-3-1-5-19(11-17)33(30,31)26-13-18-4-2-10-32-18/h1,3,5-9,11,18,26H,2,4,10,12-14H2,(H2,23,27)(H,24,29)(H,25,28). The zero-order chi connectivity index (χ0) is 23.8. The Hall–Kier alpha value is -3.28. The third kappa shape index (κ3) is 7.11. The molecule has 3 amide bonds. The molecule has 33 heavy (non-hydrogen) atoms. The van der Waals surface area contributed by atoms with Gasteiger partial charge in [0.2, 0.25) is 15.9 Å². The molecule has 0 spiro atoms. The minimum atomic E-state index is -3.77. The highest BCUT2D eigenvalue weighted by molar-refractivity contribution is 7.89. The second kappa shape index (κ2) is 11.0. The highest BCUT2D eigenvalue weighted by atomic mass is 32.2. The van der Waals surface area contributed by atoms with Crippen LogP contribution in [0.3, 0.4) is 0 Å². The second-order valence-electron chi connectivity index (χ2n) is 7.54. The molecule has 3 rings (SSSR count). The van der Waals surface area contributed by atoms with Crippen LogP contribution in [0.4, 0.5) is 0 Å². The number of carbonyl (C=O) groups is 3. The lowest BCUT2D eigenvalue weighted by atomic mass is 10.1. The molecule has 1 saturated heterocycles. The Labute approximate surface area is 191 Å². The van der Waals surface area contributed by atoms with Gasteiger partial charge in [0.25, 0.3) is 11.8 Å². The molecule has 0 aliphatic carbocycles. The molecule has 1 atom stereocenters. The second-order valence-corrected chi connectivity index (χ2v) is 9.31. The van der Waals surface area contributed by atoms with E-state index in [1.165, 1.54) is 24.3 Å². The maximum Gasteiger partial charge on any atom is 0.251 e. The molecule has 2 aromatic rings. The van der Waals surface area contributed by atoms with E-state index in [2.05, 4.69) is 15.4 Å². The predicted molar refractivity (Wildman–Crippen MR) is 120 cm³/mol. The van der Waals surface area contributed by atoms with E-state index in [9.17, 15) is 22.8 Å². The number of amides is 3. The summed E-state index contributed by atoms with van der Waals surface area (Å²) in [4.78, 5) is 35.2. The number of benzene rings is 2. The summed E-state index contributed by atoms with van der Waals surface area (Å²) in [5, 5.41) is 5.11. The van der Waals surface area contributed by atoms with Gasteiger partial charge >= 0.3 is 0 Å². The molecule has 0 aromatic heterocycles. The lowest BCUT2D eigenvalue weighted by molar-refractivity contribution is -0.117. The first-order valence-electron chi connectivity index (χ1n) is 10.4. The number of rotatable bonds is 10. The van der Waals surface area contributed by atoms with Crippen LogP contribution in [0.1, 0.15) is 39.1 Å². The number of primary amides is 1. The van der Waals surface area contributed by atoms with E-state index in [0.717, 1.165) is 18.4 Å². The van der Waals surface area contributed by atoms with Crippen molar-refractivity contribution in [3.63, 3.8) is 0 Å². The molecule has 10 nitrogen and oxygen atoms in total. The van der Waals surface area contributed by atoms with Crippen molar-refractivity contribution in [3.05, 3.63) is 65.2 Å². The quantitative estimate of drug-likeness (QED) is 0.388. The molecule has 0 saturated carbocycles. The third-order valence-corrected chi connectivity index (χ3v) is 6.45. The van der Waals surface area contributed by atoms with Crippen LogP contribution in [0.5, 0.6) is 0 Å². The van der Waals surface area contributed by atoms with Gasteiger partial charge in [-0.3, -0.25) is 14.4 Å². The molecule has 11 heteroatoms. The zero-order valence-corrected chi connectivity index (χ0v) is 18.7.